The lowest BCUT2D eigenvalue weighted by Crippen LogP contribution is -2.54. The highest BCUT2D eigenvalue weighted by Crippen LogP contribution is 2.44. The Morgan fingerprint density at radius 3 is 2.15 bits per heavy atom. The van der Waals surface area contributed by atoms with Gasteiger partial charge in [0.05, 0.1) is 12.0 Å². The number of ether oxygens (including phenoxy) is 2. The van der Waals surface area contributed by atoms with Crippen LogP contribution in [0.4, 0.5) is 9.59 Å². The number of carboxylic acids is 1. The van der Waals surface area contributed by atoms with Gasteiger partial charge in [-0.3, -0.25) is 4.79 Å². The summed E-state index contributed by atoms with van der Waals surface area (Å²) in [6, 6.07) is 15.6. The first-order valence-corrected chi connectivity index (χ1v) is 11.4. The Labute approximate surface area is 198 Å². The molecule has 8 heteroatoms. The maximum Gasteiger partial charge on any atom is 0.410 e. The second-order valence-electron chi connectivity index (χ2n) is 9.82. The molecule has 8 nitrogen and oxygen atoms in total. The largest absolute Gasteiger partial charge is 0.481 e. The van der Waals surface area contributed by atoms with Gasteiger partial charge in [-0.1, -0.05) is 48.5 Å². The molecule has 2 aromatic rings. The molecule has 1 heterocycles. The number of aliphatic carboxylic acids is 1. The summed E-state index contributed by atoms with van der Waals surface area (Å²) in [6.07, 6.45) is -1.03. The zero-order valence-corrected chi connectivity index (χ0v) is 19.6. The van der Waals surface area contributed by atoms with Crippen LogP contribution >= 0.6 is 0 Å². The lowest BCUT2D eigenvalue weighted by molar-refractivity contribution is -0.143. The Morgan fingerprint density at radius 1 is 1.00 bits per heavy atom. The van der Waals surface area contributed by atoms with E-state index in [4.69, 9.17) is 9.47 Å². The number of carbonyl (C=O) groups excluding carboxylic acids is 2. The summed E-state index contributed by atoms with van der Waals surface area (Å²) in [5, 5.41) is 12.3. The third-order valence-corrected chi connectivity index (χ3v) is 6.12. The second-order valence-corrected chi connectivity index (χ2v) is 9.82. The van der Waals surface area contributed by atoms with Crippen molar-refractivity contribution in [3.63, 3.8) is 0 Å². The van der Waals surface area contributed by atoms with Crippen LogP contribution in [0.5, 0.6) is 0 Å². The summed E-state index contributed by atoms with van der Waals surface area (Å²) in [5.74, 6) is -1.90. The normalized spacial score (nSPS) is 19.7. The molecular formula is C26H30N2O6. The molecule has 0 aromatic heterocycles. The molecule has 2 aliphatic rings. The molecule has 0 radical (unpaired) electrons. The molecule has 2 aromatic carbocycles. The minimum Gasteiger partial charge on any atom is -0.481 e. The van der Waals surface area contributed by atoms with Crippen molar-refractivity contribution in [2.75, 3.05) is 19.7 Å². The van der Waals surface area contributed by atoms with Gasteiger partial charge in [-0.15, -0.1) is 0 Å². The first-order chi connectivity index (χ1) is 16.1. The van der Waals surface area contributed by atoms with Crippen molar-refractivity contribution < 1.29 is 29.0 Å². The van der Waals surface area contributed by atoms with Crippen LogP contribution in [0, 0.1) is 5.92 Å². The third kappa shape index (κ3) is 5.16. The number of fused-ring (bicyclic) bond motifs is 3. The van der Waals surface area contributed by atoms with Crippen LogP contribution in [0.15, 0.2) is 48.5 Å². The van der Waals surface area contributed by atoms with Gasteiger partial charge in [0.15, 0.2) is 0 Å². The van der Waals surface area contributed by atoms with Crippen molar-refractivity contribution in [3.05, 3.63) is 59.7 Å². The number of piperidine rings is 1. The van der Waals surface area contributed by atoms with Crippen LogP contribution in [0.2, 0.25) is 0 Å². The van der Waals surface area contributed by atoms with E-state index in [1.165, 1.54) is 4.90 Å². The Morgan fingerprint density at radius 2 is 1.59 bits per heavy atom. The number of carboxylic acid groups (broad SMARTS) is 1. The van der Waals surface area contributed by atoms with Crippen molar-refractivity contribution >= 4 is 18.2 Å². The molecule has 1 aliphatic carbocycles. The van der Waals surface area contributed by atoms with E-state index in [-0.39, 0.29) is 32.0 Å². The molecule has 34 heavy (non-hydrogen) atoms. The van der Waals surface area contributed by atoms with Crippen LogP contribution < -0.4 is 5.32 Å². The van der Waals surface area contributed by atoms with Gasteiger partial charge in [0.1, 0.15) is 12.2 Å². The molecule has 4 rings (SSSR count). The summed E-state index contributed by atoms with van der Waals surface area (Å²) < 4.78 is 11.0. The fraction of sp³-hybridized carbons (Fsp3) is 0.423. The molecule has 2 amide bonds. The van der Waals surface area contributed by atoms with Crippen LogP contribution in [0.3, 0.4) is 0 Å². The van der Waals surface area contributed by atoms with Crippen LogP contribution in [0.25, 0.3) is 11.1 Å². The van der Waals surface area contributed by atoms with Crippen LogP contribution in [0.1, 0.15) is 44.2 Å². The molecule has 2 atom stereocenters. The molecule has 2 unspecified atom stereocenters. The van der Waals surface area contributed by atoms with Gasteiger partial charge in [-0.25, -0.2) is 9.59 Å². The van der Waals surface area contributed by atoms with E-state index >= 15 is 0 Å². The fourth-order valence-electron chi connectivity index (χ4n) is 4.66. The maximum absolute atomic E-state index is 12.7. The minimum absolute atomic E-state index is 0.0348. The third-order valence-electron chi connectivity index (χ3n) is 6.12. The van der Waals surface area contributed by atoms with Crippen LogP contribution in [-0.4, -0.2) is 59.5 Å². The number of hydrogen-bond acceptors (Lipinski definition) is 5. The summed E-state index contributed by atoms with van der Waals surface area (Å²) >= 11 is 0. The zero-order valence-electron chi connectivity index (χ0n) is 19.6. The predicted molar refractivity (Wildman–Crippen MR) is 126 cm³/mol. The van der Waals surface area contributed by atoms with E-state index in [2.05, 4.69) is 17.4 Å². The predicted octanol–water partition coefficient (Wildman–Crippen LogP) is 4.24. The minimum atomic E-state index is -1.02. The number of carbonyl (C=O) groups is 3. The lowest BCUT2D eigenvalue weighted by atomic mass is 9.94. The number of hydrogen-bond donors (Lipinski definition) is 2. The Balaban J connectivity index is 1.40. The number of nitrogens with zero attached hydrogens (tertiary/aromatic N) is 1. The molecule has 1 saturated heterocycles. The van der Waals surface area contributed by atoms with E-state index in [0.29, 0.717) is 0 Å². The SMILES string of the molecule is CC(C)(C)OC(=O)N1CC(NC(=O)OCC2c3ccccc3-c3ccccc32)CC(C(=O)O)C1. The molecule has 1 fully saturated rings. The number of nitrogens with one attached hydrogen (secondary N) is 1. The van der Waals surface area contributed by atoms with Crippen molar-refractivity contribution in [3.8, 4) is 11.1 Å². The smallest absolute Gasteiger partial charge is 0.410 e. The molecular weight excluding hydrogens is 436 g/mol. The van der Waals surface area contributed by atoms with Gasteiger partial charge >= 0.3 is 18.2 Å². The van der Waals surface area contributed by atoms with E-state index < -0.39 is 35.7 Å². The molecule has 0 bridgehead atoms. The van der Waals surface area contributed by atoms with Gasteiger partial charge in [-0.2, -0.15) is 0 Å². The number of likely N-dealkylation sites (tertiary alicyclic amines) is 1. The highest BCUT2D eigenvalue weighted by Gasteiger charge is 2.37. The number of alkyl carbamates (subject to hydrolysis) is 1. The topological polar surface area (TPSA) is 105 Å². The number of rotatable bonds is 4. The van der Waals surface area contributed by atoms with E-state index in [1.54, 1.807) is 20.8 Å². The van der Waals surface area contributed by atoms with Crippen molar-refractivity contribution in [2.24, 2.45) is 5.92 Å². The van der Waals surface area contributed by atoms with Gasteiger partial charge in [-0.05, 0) is 49.4 Å². The highest BCUT2D eigenvalue weighted by molar-refractivity contribution is 5.79. The first-order valence-electron chi connectivity index (χ1n) is 11.4. The van der Waals surface area contributed by atoms with E-state index in [9.17, 15) is 19.5 Å². The molecule has 1 aliphatic heterocycles. The van der Waals surface area contributed by atoms with Crippen molar-refractivity contribution in [1.29, 1.82) is 0 Å². The van der Waals surface area contributed by atoms with Gasteiger partial charge < -0.3 is 24.8 Å². The summed E-state index contributed by atoms with van der Waals surface area (Å²) in [7, 11) is 0. The van der Waals surface area contributed by atoms with Crippen molar-refractivity contribution in [2.45, 2.75) is 44.8 Å². The Kier molecular flexibility index (Phi) is 6.50. The van der Waals surface area contributed by atoms with E-state index in [0.717, 1.165) is 22.3 Å². The summed E-state index contributed by atoms with van der Waals surface area (Å²) in [6.45, 7) is 5.59. The zero-order chi connectivity index (χ0) is 24.5. The number of benzene rings is 2. The van der Waals surface area contributed by atoms with Crippen LogP contribution in [-0.2, 0) is 14.3 Å². The number of amides is 2. The maximum atomic E-state index is 12.7. The van der Waals surface area contributed by atoms with Gasteiger partial charge in [0.2, 0.25) is 0 Å². The second kappa shape index (κ2) is 9.37. The Bertz CT molecular complexity index is 1050. The highest BCUT2D eigenvalue weighted by atomic mass is 16.6. The fourth-order valence-corrected chi connectivity index (χ4v) is 4.66. The average Bonchev–Trinajstić information content (AvgIpc) is 3.10. The summed E-state index contributed by atoms with van der Waals surface area (Å²) in [4.78, 5) is 38.2. The lowest BCUT2D eigenvalue weighted by Gasteiger charge is -2.37. The summed E-state index contributed by atoms with van der Waals surface area (Å²) in [5.41, 5.74) is 3.78. The monoisotopic (exact) mass is 466 g/mol. The molecule has 0 spiro atoms. The molecule has 2 N–H and O–H groups in total. The van der Waals surface area contributed by atoms with Crippen molar-refractivity contribution in [1.82, 2.24) is 10.2 Å². The Hall–Kier alpha value is -3.55. The standard InChI is InChI=1S/C26H30N2O6/c1-26(2,3)34-25(32)28-13-16(23(29)30)12-17(14-28)27-24(31)33-15-22-20-10-6-4-8-18(20)19-9-5-7-11-21(19)22/h4-11,16-17,22H,12-15H2,1-3H3,(H,27,31)(H,29,30). The molecule has 0 saturated carbocycles. The quantitative estimate of drug-likeness (QED) is 0.699. The molecule has 180 valence electrons. The van der Waals surface area contributed by atoms with Gasteiger partial charge in [0.25, 0.3) is 0 Å². The van der Waals surface area contributed by atoms with Gasteiger partial charge in [0, 0.05) is 19.0 Å². The average molecular weight is 467 g/mol. The van der Waals surface area contributed by atoms with E-state index in [1.807, 2.05) is 36.4 Å². The first kappa shape index (κ1) is 23.6.